The van der Waals surface area contributed by atoms with Gasteiger partial charge in [0.1, 0.15) is 5.75 Å². The molecule has 0 atom stereocenters. The van der Waals surface area contributed by atoms with Crippen molar-refractivity contribution in [3.05, 3.63) is 65.2 Å². The minimum Gasteiger partial charge on any atom is -0.493 e. The number of carbonyl (C=O) groups excluding carboxylic acids is 1. The Hall–Kier alpha value is -2.47. The van der Waals surface area contributed by atoms with E-state index in [9.17, 15) is 18.7 Å². The van der Waals surface area contributed by atoms with Gasteiger partial charge in [-0.15, -0.1) is 0 Å². The Balaban J connectivity index is 2.16. The lowest BCUT2D eigenvalue weighted by molar-refractivity contribution is -0.147. The van der Waals surface area contributed by atoms with Gasteiger partial charge < -0.3 is 15.2 Å². The summed E-state index contributed by atoms with van der Waals surface area (Å²) in [5, 5.41) is 11.5. The summed E-state index contributed by atoms with van der Waals surface area (Å²) in [4.78, 5) is 12.0. The summed E-state index contributed by atoms with van der Waals surface area (Å²) in [5.74, 6) is -5.15. The van der Waals surface area contributed by atoms with E-state index in [2.05, 4.69) is 5.32 Å². The van der Waals surface area contributed by atoms with Gasteiger partial charge in [-0.2, -0.15) is 8.78 Å². The molecular formula is C18H19F2NO3. The Morgan fingerprint density at radius 3 is 2.42 bits per heavy atom. The number of para-hydroxylation sites is 1. The largest absolute Gasteiger partial charge is 0.493 e. The van der Waals surface area contributed by atoms with E-state index >= 15 is 0 Å². The van der Waals surface area contributed by atoms with Crippen LogP contribution in [0.2, 0.25) is 0 Å². The van der Waals surface area contributed by atoms with E-state index in [1.165, 1.54) is 18.2 Å². The number of hydrogen-bond donors (Lipinski definition) is 2. The maximum absolute atomic E-state index is 14.5. The Labute approximate surface area is 139 Å². The summed E-state index contributed by atoms with van der Waals surface area (Å²) in [6.07, 6.45) is 0. The summed E-state index contributed by atoms with van der Waals surface area (Å²) >= 11 is 0. The van der Waals surface area contributed by atoms with Crippen LogP contribution < -0.4 is 10.1 Å². The number of rotatable bonds is 7. The monoisotopic (exact) mass is 335 g/mol. The van der Waals surface area contributed by atoms with Crippen molar-refractivity contribution < 1.29 is 23.4 Å². The van der Waals surface area contributed by atoms with Crippen LogP contribution in [-0.4, -0.2) is 17.6 Å². The predicted molar refractivity (Wildman–Crippen MR) is 85.7 cm³/mol. The van der Waals surface area contributed by atoms with Crippen LogP contribution in [0.1, 0.15) is 23.6 Å². The molecule has 6 heteroatoms. The van der Waals surface area contributed by atoms with Gasteiger partial charge in [0.2, 0.25) is 0 Å². The van der Waals surface area contributed by atoms with Crippen molar-refractivity contribution in [2.24, 2.45) is 0 Å². The zero-order valence-corrected chi connectivity index (χ0v) is 13.3. The highest BCUT2D eigenvalue weighted by Gasteiger charge is 2.43. The number of nitrogens with one attached hydrogen (secondary N) is 1. The van der Waals surface area contributed by atoms with Gasteiger partial charge in [0.25, 0.3) is 5.91 Å². The third-order valence-corrected chi connectivity index (χ3v) is 3.54. The molecule has 0 heterocycles. The second kappa shape index (κ2) is 7.88. The van der Waals surface area contributed by atoms with E-state index in [0.29, 0.717) is 11.1 Å². The number of hydrogen-bond acceptors (Lipinski definition) is 3. The molecule has 0 fully saturated rings. The first-order chi connectivity index (χ1) is 11.5. The first kappa shape index (κ1) is 17.9. The first-order valence-electron chi connectivity index (χ1n) is 7.56. The fraction of sp³-hybridized carbons (Fsp3) is 0.278. The van der Waals surface area contributed by atoms with Crippen molar-refractivity contribution >= 4 is 5.91 Å². The summed E-state index contributed by atoms with van der Waals surface area (Å²) in [6.45, 7) is 1.58. The summed E-state index contributed by atoms with van der Waals surface area (Å²) in [7, 11) is 0. The maximum Gasteiger partial charge on any atom is 0.353 e. The average Bonchev–Trinajstić information content (AvgIpc) is 2.60. The van der Waals surface area contributed by atoms with E-state index in [-0.39, 0.29) is 25.5 Å². The van der Waals surface area contributed by atoms with Crippen LogP contribution in [0.5, 0.6) is 5.75 Å². The molecule has 0 radical (unpaired) electrons. The molecule has 0 aromatic heterocycles. The fourth-order valence-corrected chi connectivity index (χ4v) is 2.30. The number of ether oxygens (including phenoxy) is 1. The number of carbonyl (C=O) groups is 1. The highest BCUT2D eigenvalue weighted by molar-refractivity contribution is 5.85. The van der Waals surface area contributed by atoms with Crippen molar-refractivity contribution in [3.8, 4) is 5.75 Å². The number of alkyl halides is 2. The zero-order valence-electron chi connectivity index (χ0n) is 13.3. The quantitative estimate of drug-likeness (QED) is 0.818. The number of aliphatic hydroxyl groups excluding tert-OH is 1. The van der Waals surface area contributed by atoms with Crippen molar-refractivity contribution in [2.45, 2.75) is 26.0 Å². The van der Waals surface area contributed by atoms with Crippen LogP contribution in [0.25, 0.3) is 0 Å². The minimum atomic E-state index is -3.72. The van der Waals surface area contributed by atoms with Gasteiger partial charge >= 0.3 is 5.92 Å². The third kappa shape index (κ3) is 3.89. The van der Waals surface area contributed by atoms with Crippen molar-refractivity contribution in [1.82, 2.24) is 5.32 Å². The van der Waals surface area contributed by atoms with Gasteiger partial charge in [-0.05, 0) is 30.2 Å². The van der Waals surface area contributed by atoms with Crippen LogP contribution in [-0.2, 0) is 23.9 Å². The molecule has 0 unspecified atom stereocenters. The lowest BCUT2D eigenvalue weighted by Gasteiger charge is -2.19. The number of aliphatic hydroxyl groups is 1. The van der Waals surface area contributed by atoms with Gasteiger partial charge in [-0.1, -0.05) is 36.4 Å². The standard InChI is InChI=1S/C18H19F2NO3/c1-2-24-16-10-6-5-9-15(16)18(19,20)17(23)21-11-13-7-3-4-8-14(13)12-22/h3-10,22H,2,11-12H2,1H3,(H,21,23). The van der Waals surface area contributed by atoms with Gasteiger partial charge in [-0.3, -0.25) is 4.79 Å². The summed E-state index contributed by atoms with van der Waals surface area (Å²) in [6, 6.07) is 12.3. The molecule has 0 saturated carbocycles. The fourth-order valence-electron chi connectivity index (χ4n) is 2.30. The van der Waals surface area contributed by atoms with Gasteiger partial charge in [-0.25, -0.2) is 0 Å². The number of amides is 1. The summed E-state index contributed by atoms with van der Waals surface area (Å²) < 4.78 is 34.1. The van der Waals surface area contributed by atoms with Crippen molar-refractivity contribution in [3.63, 3.8) is 0 Å². The van der Waals surface area contributed by atoms with Crippen LogP contribution >= 0.6 is 0 Å². The molecule has 0 saturated heterocycles. The Kier molecular flexibility index (Phi) is 5.87. The van der Waals surface area contributed by atoms with Gasteiger partial charge in [0, 0.05) is 6.54 Å². The third-order valence-electron chi connectivity index (χ3n) is 3.54. The molecule has 0 bridgehead atoms. The van der Waals surface area contributed by atoms with Crippen LogP contribution in [0.4, 0.5) is 8.78 Å². The number of benzene rings is 2. The van der Waals surface area contributed by atoms with E-state index in [1.807, 2.05) is 0 Å². The zero-order chi connectivity index (χ0) is 17.6. The van der Waals surface area contributed by atoms with Crippen LogP contribution in [0.3, 0.4) is 0 Å². The van der Waals surface area contributed by atoms with Gasteiger partial charge in [0.15, 0.2) is 0 Å². The molecule has 2 aromatic rings. The molecule has 2 rings (SSSR count). The molecule has 0 aliphatic rings. The van der Waals surface area contributed by atoms with E-state index in [0.717, 1.165) is 0 Å². The lowest BCUT2D eigenvalue weighted by atomic mass is 10.1. The normalized spacial score (nSPS) is 11.2. The smallest absolute Gasteiger partial charge is 0.353 e. The molecule has 0 aliphatic heterocycles. The van der Waals surface area contributed by atoms with E-state index in [1.54, 1.807) is 37.3 Å². The maximum atomic E-state index is 14.5. The second-order valence-electron chi connectivity index (χ2n) is 5.11. The lowest BCUT2D eigenvalue weighted by Crippen LogP contribution is -2.38. The van der Waals surface area contributed by atoms with E-state index < -0.39 is 17.4 Å². The Bertz CT molecular complexity index is 704. The molecule has 24 heavy (non-hydrogen) atoms. The Morgan fingerprint density at radius 2 is 1.75 bits per heavy atom. The minimum absolute atomic E-state index is 0.0177. The summed E-state index contributed by atoms with van der Waals surface area (Å²) in [5.41, 5.74) is 0.692. The highest BCUT2D eigenvalue weighted by atomic mass is 19.3. The number of halogens is 2. The molecule has 128 valence electrons. The van der Waals surface area contributed by atoms with E-state index in [4.69, 9.17) is 4.74 Å². The van der Waals surface area contributed by atoms with Gasteiger partial charge in [0.05, 0.1) is 18.8 Å². The highest BCUT2D eigenvalue weighted by Crippen LogP contribution is 2.35. The molecule has 2 N–H and O–H groups in total. The molecule has 0 spiro atoms. The van der Waals surface area contributed by atoms with Crippen molar-refractivity contribution in [1.29, 1.82) is 0 Å². The van der Waals surface area contributed by atoms with Crippen LogP contribution in [0, 0.1) is 0 Å². The Morgan fingerprint density at radius 1 is 1.12 bits per heavy atom. The topological polar surface area (TPSA) is 58.6 Å². The molecule has 1 amide bonds. The molecule has 0 aliphatic carbocycles. The predicted octanol–water partition coefficient (Wildman–Crippen LogP) is 2.99. The second-order valence-corrected chi connectivity index (χ2v) is 5.11. The van der Waals surface area contributed by atoms with Crippen LogP contribution in [0.15, 0.2) is 48.5 Å². The SMILES string of the molecule is CCOc1ccccc1C(F)(F)C(=O)NCc1ccccc1CO. The average molecular weight is 335 g/mol. The van der Waals surface area contributed by atoms with Crippen molar-refractivity contribution in [2.75, 3.05) is 6.61 Å². The molecule has 2 aromatic carbocycles. The molecular weight excluding hydrogens is 316 g/mol. The molecule has 4 nitrogen and oxygen atoms in total. The first-order valence-corrected chi connectivity index (χ1v) is 7.56.